The van der Waals surface area contributed by atoms with Gasteiger partial charge in [-0.25, -0.2) is 0 Å². The molecular formula is C14H19NO5. The topological polar surface area (TPSA) is 88.0 Å². The normalized spacial score (nSPS) is 29.4. The Morgan fingerprint density at radius 3 is 2.70 bits per heavy atom. The van der Waals surface area contributed by atoms with Crippen molar-refractivity contribution in [2.75, 3.05) is 6.61 Å². The lowest BCUT2D eigenvalue weighted by Gasteiger charge is -2.23. The fourth-order valence-electron chi connectivity index (χ4n) is 2.25. The predicted octanol–water partition coefficient (Wildman–Crippen LogP) is -0.214. The van der Waals surface area contributed by atoms with Gasteiger partial charge in [0, 0.05) is 6.92 Å². The molecule has 1 fully saturated rings. The third-order valence-electron chi connectivity index (χ3n) is 3.18. The fraction of sp³-hybridized carbons (Fsp3) is 0.500. The van der Waals surface area contributed by atoms with Crippen LogP contribution in [0.1, 0.15) is 12.5 Å². The Kier molecular flexibility index (Phi) is 5.08. The highest BCUT2D eigenvalue weighted by Crippen LogP contribution is 2.23. The van der Waals surface area contributed by atoms with Crippen molar-refractivity contribution in [3.05, 3.63) is 35.9 Å². The third-order valence-corrected chi connectivity index (χ3v) is 3.18. The van der Waals surface area contributed by atoms with E-state index in [-0.39, 0.29) is 12.5 Å². The summed E-state index contributed by atoms with van der Waals surface area (Å²) in [5.41, 5.74) is 0.953. The average molecular weight is 281 g/mol. The summed E-state index contributed by atoms with van der Waals surface area (Å²) >= 11 is 0. The van der Waals surface area contributed by atoms with Gasteiger partial charge in [0.2, 0.25) is 5.91 Å². The lowest BCUT2D eigenvalue weighted by Crippen LogP contribution is -2.49. The number of carbonyl (C=O) groups is 1. The molecule has 6 heteroatoms. The second kappa shape index (κ2) is 6.81. The molecular weight excluding hydrogens is 262 g/mol. The van der Waals surface area contributed by atoms with Crippen molar-refractivity contribution in [2.45, 2.75) is 38.1 Å². The minimum Gasteiger partial charge on any atom is -0.394 e. The van der Waals surface area contributed by atoms with Crippen molar-refractivity contribution >= 4 is 5.91 Å². The van der Waals surface area contributed by atoms with Gasteiger partial charge < -0.3 is 25.0 Å². The summed E-state index contributed by atoms with van der Waals surface area (Å²) < 4.78 is 10.8. The van der Waals surface area contributed by atoms with Gasteiger partial charge in [-0.05, 0) is 5.56 Å². The molecule has 0 aliphatic carbocycles. The largest absolute Gasteiger partial charge is 0.394 e. The molecule has 0 bridgehead atoms. The molecule has 1 amide bonds. The maximum absolute atomic E-state index is 11.2. The van der Waals surface area contributed by atoms with E-state index in [0.29, 0.717) is 6.61 Å². The SMILES string of the molecule is CC(=O)N[C@H]1[C@@H](OCc2ccccc2)[C@@H](O)O[C@@H]1CO. The highest BCUT2D eigenvalue weighted by atomic mass is 16.7. The number of carbonyl (C=O) groups excluding carboxylic acids is 1. The maximum atomic E-state index is 11.2. The molecule has 0 unspecified atom stereocenters. The molecule has 110 valence electrons. The monoisotopic (exact) mass is 281 g/mol. The van der Waals surface area contributed by atoms with Crippen LogP contribution < -0.4 is 5.32 Å². The molecule has 0 spiro atoms. The lowest BCUT2D eigenvalue weighted by molar-refractivity contribution is -0.149. The summed E-state index contributed by atoms with van der Waals surface area (Å²) in [6.07, 6.45) is -2.56. The second-order valence-electron chi connectivity index (χ2n) is 4.74. The molecule has 4 atom stereocenters. The van der Waals surface area contributed by atoms with E-state index in [2.05, 4.69) is 5.32 Å². The predicted molar refractivity (Wildman–Crippen MR) is 70.6 cm³/mol. The highest BCUT2D eigenvalue weighted by Gasteiger charge is 2.44. The standard InChI is InChI=1S/C14H19NO5/c1-9(17)15-12-11(7-16)20-14(18)13(12)19-8-10-5-3-2-4-6-10/h2-6,11-14,16,18H,7-8H2,1H3,(H,15,17)/t11-,12-,13-,14+/m1/s1. The van der Waals surface area contributed by atoms with Crippen molar-refractivity contribution in [1.29, 1.82) is 0 Å². The van der Waals surface area contributed by atoms with Crippen molar-refractivity contribution in [2.24, 2.45) is 0 Å². The number of rotatable bonds is 5. The first-order chi connectivity index (χ1) is 9.61. The van der Waals surface area contributed by atoms with Gasteiger partial charge in [-0.1, -0.05) is 30.3 Å². The number of aliphatic hydroxyl groups is 2. The van der Waals surface area contributed by atoms with E-state index in [4.69, 9.17) is 9.47 Å². The van der Waals surface area contributed by atoms with Gasteiger partial charge >= 0.3 is 0 Å². The van der Waals surface area contributed by atoms with E-state index in [1.54, 1.807) is 0 Å². The average Bonchev–Trinajstić information content (AvgIpc) is 2.73. The Bertz CT molecular complexity index is 438. The van der Waals surface area contributed by atoms with Gasteiger partial charge in [0.05, 0.1) is 19.3 Å². The summed E-state index contributed by atoms with van der Waals surface area (Å²) in [6.45, 7) is 1.36. The molecule has 20 heavy (non-hydrogen) atoms. The molecule has 6 nitrogen and oxygen atoms in total. The molecule has 1 aromatic rings. The second-order valence-corrected chi connectivity index (χ2v) is 4.74. The minimum atomic E-state index is -1.17. The van der Waals surface area contributed by atoms with Gasteiger partial charge in [-0.3, -0.25) is 4.79 Å². The van der Waals surface area contributed by atoms with E-state index < -0.39 is 24.5 Å². The van der Waals surface area contributed by atoms with Crippen LogP contribution in [-0.2, 0) is 20.9 Å². The lowest BCUT2D eigenvalue weighted by atomic mass is 10.1. The number of aliphatic hydroxyl groups excluding tert-OH is 2. The smallest absolute Gasteiger partial charge is 0.217 e. The molecule has 1 aromatic carbocycles. The Hall–Kier alpha value is -1.47. The van der Waals surface area contributed by atoms with Gasteiger partial charge in [-0.15, -0.1) is 0 Å². The van der Waals surface area contributed by atoms with Crippen LogP contribution in [0.5, 0.6) is 0 Å². The zero-order valence-electron chi connectivity index (χ0n) is 11.2. The van der Waals surface area contributed by atoms with Crippen molar-refractivity contribution in [1.82, 2.24) is 5.32 Å². The summed E-state index contributed by atoms with van der Waals surface area (Å²) in [4.78, 5) is 11.2. The number of ether oxygens (including phenoxy) is 2. The first-order valence-corrected chi connectivity index (χ1v) is 6.49. The van der Waals surface area contributed by atoms with E-state index in [1.165, 1.54) is 6.92 Å². The Labute approximate surface area is 117 Å². The number of amides is 1. The van der Waals surface area contributed by atoms with Gasteiger partial charge in [0.25, 0.3) is 0 Å². The summed E-state index contributed by atoms with van der Waals surface area (Å²) in [7, 11) is 0. The number of benzene rings is 1. The van der Waals surface area contributed by atoms with Crippen molar-refractivity contribution in [3.8, 4) is 0 Å². The zero-order valence-corrected chi connectivity index (χ0v) is 11.2. The number of hydrogen-bond donors (Lipinski definition) is 3. The molecule has 0 aromatic heterocycles. The first-order valence-electron chi connectivity index (χ1n) is 6.49. The van der Waals surface area contributed by atoms with Crippen molar-refractivity contribution in [3.63, 3.8) is 0 Å². The molecule has 1 saturated heterocycles. The van der Waals surface area contributed by atoms with Crippen LogP contribution in [0.4, 0.5) is 0 Å². The molecule has 1 heterocycles. The van der Waals surface area contributed by atoms with Crippen LogP contribution in [0.2, 0.25) is 0 Å². The van der Waals surface area contributed by atoms with Crippen LogP contribution in [-0.4, -0.2) is 47.3 Å². The van der Waals surface area contributed by atoms with Crippen LogP contribution in [0.25, 0.3) is 0 Å². The fourth-order valence-corrected chi connectivity index (χ4v) is 2.25. The molecule has 1 aliphatic heterocycles. The quantitative estimate of drug-likeness (QED) is 0.695. The third kappa shape index (κ3) is 3.55. The number of nitrogens with one attached hydrogen (secondary N) is 1. The first kappa shape index (κ1) is 14.9. The molecule has 1 aliphatic rings. The summed E-state index contributed by atoms with van der Waals surface area (Å²) in [5, 5.41) is 21.7. The maximum Gasteiger partial charge on any atom is 0.217 e. The molecule has 0 radical (unpaired) electrons. The summed E-state index contributed by atoms with van der Waals surface area (Å²) in [6, 6.07) is 8.91. The van der Waals surface area contributed by atoms with Crippen LogP contribution in [0.15, 0.2) is 30.3 Å². The number of hydrogen-bond acceptors (Lipinski definition) is 5. The van der Waals surface area contributed by atoms with Crippen molar-refractivity contribution < 1.29 is 24.5 Å². The molecule has 2 rings (SSSR count). The minimum absolute atomic E-state index is 0.264. The van der Waals surface area contributed by atoms with Gasteiger partial charge in [-0.2, -0.15) is 0 Å². The Balaban J connectivity index is 2.01. The highest BCUT2D eigenvalue weighted by molar-refractivity contribution is 5.73. The van der Waals surface area contributed by atoms with Gasteiger partial charge in [0.15, 0.2) is 6.29 Å². The zero-order chi connectivity index (χ0) is 14.5. The Morgan fingerprint density at radius 1 is 1.40 bits per heavy atom. The molecule has 0 saturated carbocycles. The van der Waals surface area contributed by atoms with Crippen LogP contribution >= 0.6 is 0 Å². The molecule has 3 N–H and O–H groups in total. The van der Waals surface area contributed by atoms with Crippen LogP contribution in [0.3, 0.4) is 0 Å². The van der Waals surface area contributed by atoms with E-state index in [9.17, 15) is 15.0 Å². The van der Waals surface area contributed by atoms with E-state index >= 15 is 0 Å². The summed E-state index contributed by atoms with van der Waals surface area (Å²) in [5.74, 6) is -0.264. The van der Waals surface area contributed by atoms with Gasteiger partial charge in [0.1, 0.15) is 12.2 Å². The van der Waals surface area contributed by atoms with E-state index in [1.807, 2.05) is 30.3 Å². The van der Waals surface area contributed by atoms with E-state index in [0.717, 1.165) is 5.56 Å². The Morgan fingerprint density at radius 2 is 2.10 bits per heavy atom. The van der Waals surface area contributed by atoms with Crippen LogP contribution in [0, 0.1) is 0 Å².